The van der Waals surface area contributed by atoms with Crippen LogP contribution in [-0.2, 0) is 27.3 Å². The molecule has 2 aromatic carbocycles. The number of aryl methyl sites for hydroxylation is 2. The number of ketones is 1. The molecule has 212 valence electrons. The maximum atomic E-state index is 13.8. The summed E-state index contributed by atoms with van der Waals surface area (Å²) in [6, 6.07) is 9.52. The van der Waals surface area contributed by atoms with E-state index in [4.69, 9.17) is 14.2 Å². The van der Waals surface area contributed by atoms with E-state index in [1.54, 1.807) is 16.7 Å². The number of benzene rings is 2. The smallest absolute Gasteiger partial charge is 0.342 e. The molecule has 3 aliphatic heterocycles. The highest BCUT2D eigenvalue weighted by atomic mass is 16.5. The molecule has 2 atom stereocenters. The summed E-state index contributed by atoms with van der Waals surface area (Å²) in [6.45, 7) is 2.39. The van der Waals surface area contributed by atoms with Crippen molar-refractivity contribution < 1.29 is 28.6 Å². The number of carbonyl (C=O) groups excluding carboxylic acids is 3. The van der Waals surface area contributed by atoms with Crippen LogP contribution in [0.15, 0.2) is 41.2 Å². The van der Waals surface area contributed by atoms with Crippen LogP contribution in [0.1, 0.15) is 90.4 Å². The maximum Gasteiger partial charge on any atom is 0.342 e. The SMILES string of the molecule is COc1c2c(cc3c1[C@H](c1cc4cccc5c4n(c1=O)CC5)CC(=O)O3)C=CCCCC(=O)CCC[C@@H](C)OC2=O. The molecule has 0 saturated heterocycles. The minimum atomic E-state index is -0.662. The van der Waals surface area contributed by atoms with Gasteiger partial charge in [0.2, 0.25) is 0 Å². The highest BCUT2D eigenvalue weighted by Crippen LogP contribution is 2.47. The molecule has 41 heavy (non-hydrogen) atoms. The Morgan fingerprint density at radius 1 is 1.02 bits per heavy atom. The molecule has 0 unspecified atom stereocenters. The molecule has 3 aliphatic rings. The minimum Gasteiger partial charge on any atom is -0.495 e. The van der Waals surface area contributed by atoms with Gasteiger partial charge in [-0.05, 0) is 67.7 Å². The number of fused-ring (bicyclic) bond motifs is 2. The Labute approximate surface area is 237 Å². The number of cyclic esters (lactones) is 1. The number of esters is 2. The van der Waals surface area contributed by atoms with E-state index < -0.39 is 24.0 Å². The summed E-state index contributed by atoms with van der Waals surface area (Å²) in [5.74, 6) is -0.965. The number of pyridine rings is 1. The Kier molecular flexibility index (Phi) is 7.24. The van der Waals surface area contributed by atoms with E-state index in [-0.39, 0.29) is 34.8 Å². The number of rotatable bonds is 2. The second-order valence-electron chi connectivity index (χ2n) is 11.1. The normalized spacial score (nSPS) is 21.1. The minimum absolute atomic E-state index is 0.0576. The van der Waals surface area contributed by atoms with Gasteiger partial charge < -0.3 is 18.8 Å². The van der Waals surface area contributed by atoms with Crippen LogP contribution in [0.4, 0.5) is 0 Å². The summed E-state index contributed by atoms with van der Waals surface area (Å²) in [7, 11) is 1.47. The molecule has 0 amide bonds. The summed E-state index contributed by atoms with van der Waals surface area (Å²) < 4.78 is 19.2. The molecule has 0 radical (unpaired) electrons. The topological polar surface area (TPSA) is 101 Å². The lowest BCUT2D eigenvalue weighted by Crippen LogP contribution is -2.30. The molecule has 0 fully saturated rings. The van der Waals surface area contributed by atoms with Gasteiger partial charge in [-0.1, -0.05) is 30.4 Å². The lowest BCUT2D eigenvalue weighted by Gasteiger charge is -2.29. The van der Waals surface area contributed by atoms with Crippen molar-refractivity contribution in [2.75, 3.05) is 7.11 Å². The first-order valence-electron chi connectivity index (χ1n) is 14.4. The van der Waals surface area contributed by atoms with Crippen LogP contribution < -0.4 is 15.0 Å². The predicted octanol–water partition coefficient (Wildman–Crippen LogP) is 5.49. The number of nitrogens with zero attached hydrogens (tertiary/aromatic N) is 1. The van der Waals surface area contributed by atoms with E-state index in [0.717, 1.165) is 22.9 Å². The highest BCUT2D eigenvalue weighted by molar-refractivity contribution is 5.99. The van der Waals surface area contributed by atoms with Crippen molar-refractivity contribution in [1.82, 2.24) is 4.57 Å². The van der Waals surface area contributed by atoms with Crippen LogP contribution in [0, 0.1) is 0 Å². The monoisotopic (exact) mass is 555 g/mol. The second kappa shape index (κ2) is 11.0. The third kappa shape index (κ3) is 4.96. The van der Waals surface area contributed by atoms with Gasteiger partial charge >= 0.3 is 11.9 Å². The first-order valence-corrected chi connectivity index (χ1v) is 14.4. The summed E-state index contributed by atoms with van der Waals surface area (Å²) in [5.41, 5.74) is 3.60. The number of ether oxygens (including phenoxy) is 3. The van der Waals surface area contributed by atoms with Crippen molar-refractivity contribution in [2.45, 2.75) is 76.9 Å². The fourth-order valence-corrected chi connectivity index (χ4v) is 6.42. The molecule has 0 saturated carbocycles. The van der Waals surface area contributed by atoms with E-state index in [2.05, 4.69) is 0 Å². The van der Waals surface area contributed by atoms with Gasteiger partial charge in [0.1, 0.15) is 22.8 Å². The van der Waals surface area contributed by atoms with Crippen LogP contribution in [0.25, 0.3) is 17.0 Å². The van der Waals surface area contributed by atoms with Gasteiger partial charge in [-0.25, -0.2) is 4.79 Å². The molecule has 8 nitrogen and oxygen atoms in total. The van der Waals surface area contributed by atoms with Crippen molar-refractivity contribution in [3.8, 4) is 11.5 Å². The molecular weight excluding hydrogens is 522 g/mol. The van der Waals surface area contributed by atoms with E-state index >= 15 is 0 Å². The maximum absolute atomic E-state index is 13.8. The zero-order valence-electron chi connectivity index (χ0n) is 23.4. The molecule has 0 bridgehead atoms. The number of para-hydroxylation sites is 1. The van der Waals surface area contributed by atoms with Crippen LogP contribution in [-0.4, -0.2) is 35.5 Å². The summed E-state index contributed by atoms with van der Waals surface area (Å²) in [5, 5.41) is 0.932. The number of methoxy groups -OCH3 is 1. The highest BCUT2D eigenvalue weighted by Gasteiger charge is 2.38. The van der Waals surface area contributed by atoms with Crippen molar-refractivity contribution in [1.29, 1.82) is 0 Å². The van der Waals surface area contributed by atoms with Crippen LogP contribution in [0.5, 0.6) is 11.5 Å². The molecule has 4 heterocycles. The zero-order valence-corrected chi connectivity index (χ0v) is 23.4. The molecule has 0 N–H and O–H groups in total. The Hall–Kier alpha value is -4.20. The average molecular weight is 556 g/mol. The lowest BCUT2D eigenvalue weighted by molar-refractivity contribution is -0.135. The first kappa shape index (κ1) is 27.0. The quantitative estimate of drug-likeness (QED) is 0.305. The summed E-state index contributed by atoms with van der Waals surface area (Å²) in [6.07, 6.45) is 7.53. The van der Waals surface area contributed by atoms with Crippen LogP contribution in [0.2, 0.25) is 0 Å². The predicted molar refractivity (Wildman–Crippen MR) is 154 cm³/mol. The number of allylic oxidation sites excluding steroid dienone is 1. The van der Waals surface area contributed by atoms with E-state index in [0.29, 0.717) is 61.8 Å². The van der Waals surface area contributed by atoms with Gasteiger partial charge in [-0.15, -0.1) is 0 Å². The number of aromatic nitrogens is 1. The third-order valence-corrected chi connectivity index (χ3v) is 8.37. The number of Topliss-reactive ketones (excluding diaryl/α,β-unsaturated/α-hetero) is 1. The van der Waals surface area contributed by atoms with Gasteiger partial charge in [0.05, 0.1) is 25.2 Å². The summed E-state index contributed by atoms with van der Waals surface area (Å²) >= 11 is 0. The molecule has 3 aromatic rings. The molecule has 0 aliphatic carbocycles. The van der Waals surface area contributed by atoms with Gasteiger partial charge in [0, 0.05) is 36.4 Å². The Balaban J connectivity index is 1.53. The van der Waals surface area contributed by atoms with E-state index in [9.17, 15) is 19.2 Å². The fourth-order valence-electron chi connectivity index (χ4n) is 6.42. The standard InChI is InChI=1S/C33H33NO7/c1-19-8-6-13-23(35)12-5-3-4-9-21-17-26-29(31(39-2)28(21)33(38)40-19)24(18-27(36)41-26)25-16-22-11-7-10-20-14-15-34(30(20)22)32(25)37/h4,7,9-11,16-17,19,24H,3,5-6,8,12-15,18H2,1-2H3/t19-,24+/m1/s1. The van der Waals surface area contributed by atoms with E-state index in [1.165, 1.54) is 7.11 Å². The third-order valence-electron chi connectivity index (χ3n) is 8.37. The molecule has 8 heteroatoms. The molecule has 6 rings (SSSR count). The molecular formula is C33H33NO7. The zero-order chi connectivity index (χ0) is 28.7. The number of hydrogen-bond acceptors (Lipinski definition) is 7. The number of hydrogen-bond donors (Lipinski definition) is 0. The van der Waals surface area contributed by atoms with E-state index in [1.807, 2.05) is 37.3 Å². The lowest BCUT2D eigenvalue weighted by atomic mass is 9.83. The van der Waals surface area contributed by atoms with Crippen molar-refractivity contribution >= 4 is 34.7 Å². The first-order chi connectivity index (χ1) is 19.9. The Bertz CT molecular complexity index is 1660. The van der Waals surface area contributed by atoms with Crippen molar-refractivity contribution in [3.05, 3.63) is 74.6 Å². The summed E-state index contributed by atoms with van der Waals surface area (Å²) in [4.78, 5) is 52.6. The van der Waals surface area contributed by atoms with Crippen molar-refractivity contribution in [2.24, 2.45) is 0 Å². The van der Waals surface area contributed by atoms with Crippen LogP contribution in [0.3, 0.4) is 0 Å². The molecule has 1 aromatic heterocycles. The van der Waals surface area contributed by atoms with Crippen LogP contribution >= 0.6 is 0 Å². The molecule has 0 spiro atoms. The average Bonchev–Trinajstić information content (AvgIpc) is 3.38. The van der Waals surface area contributed by atoms with Crippen molar-refractivity contribution in [3.63, 3.8) is 0 Å². The van der Waals surface area contributed by atoms with Gasteiger partial charge in [0.15, 0.2) is 0 Å². The largest absolute Gasteiger partial charge is 0.495 e. The van der Waals surface area contributed by atoms with Gasteiger partial charge in [-0.2, -0.15) is 0 Å². The van der Waals surface area contributed by atoms with Gasteiger partial charge in [-0.3, -0.25) is 14.4 Å². The fraction of sp³-hybridized carbons (Fsp3) is 0.394. The Morgan fingerprint density at radius 3 is 2.68 bits per heavy atom. The number of carbonyl (C=O) groups is 3. The second-order valence-corrected chi connectivity index (χ2v) is 11.1. The van der Waals surface area contributed by atoms with Gasteiger partial charge in [0.25, 0.3) is 5.56 Å². The Morgan fingerprint density at radius 2 is 1.85 bits per heavy atom.